The molecule has 102 valence electrons. The Labute approximate surface area is 116 Å². The van der Waals surface area contributed by atoms with E-state index < -0.39 is 5.97 Å². The molecule has 19 heavy (non-hydrogen) atoms. The van der Waals surface area contributed by atoms with Crippen molar-refractivity contribution in [2.75, 3.05) is 11.9 Å². The number of nitrogens with one attached hydrogen (secondary N) is 1. The summed E-state index contributed by atoms with van der Waals surface area (Å²) in [5.41, 5.74) is 0.258. The molecule has 5 nitrogen and oxygen atoms in total. The Kier molecular flexibility index (Phi) is 3.95. The molecule has 0 radical (unpaired) electrons. The van der Waals surface area contributed by atoms with Crippen molar-refractivity contribution >= 4 is 29.3 Å². The highest BCUT2D eigenvalue weighted by molar-refractivity contribution is 6.31. The van der Waals surface area contributed by atoms with E-state index in [1.807, 2.05) is 6.92 Å². The number of carbonyl (C=O) groups excluding carboxylic acids is 1. The van der Waals surface area contributed by atoms with Gasteiger partial charge in [0.2, 0.25) is 0 Å². The summed E-state index contributed by atoms with van der Waals surface area (Å²) in [6, 6.07) is 4.30. The zero-order valence-electron chi connectivity index (χ0n) is 10.5. The minimum Gasteiger partial charge on any atom is -0.478 e. The van der Waals surface area contributed by atoms with Crippen molar-refractivity contribution in [3.8, 4) is 0 Å². The number of amides is 2. The normalized spacial score (nSPS) is 18.4. The van der Waals surface area contributed by atoms with Crippen LogP contribution in [0, 0.1) is 0 Å². The van der Waals surface area contributed by atoms with Gasteiger partial charge in [-0.2, -0.15) is 0 Å². The average Bonchev–Trinajstić information content (AvgIpc) is 2.77. The second-order valence-electron chi connectivity index (χ2n) is 4.61. The molecule has 0 aromatic heterocycles. The van der Waals surface area contributed by atoms with Crippen LogP contribution in [-0.2, 0) is 0 Å². The van der Waals surface area contributed by atoms with E-state index in [1.165, 1.54) is 12.1 Å². The fourth-order valence-electron chi connectivity index (χ4n) is 2.22. The van der Waals surface area contributed by atoms with Gasteiger partial charge in [-0.1, -0.05) is 11.6 Å². The molecule has 0 bridgehead atoms. The third kappa shape index (κ3) is 2.98. The quantitative estimate of drug-likeness (QED) is 0.876. The van der Waals surface area contributed by atoms with E-state index in [2.05, 4.69) is 5.32 Å². The topological polar surface area (TPSA) is 69.6 Å². The van der Waals surface area contributed by atoms with Gasteiger partial charge >= 0.3 is 12.0 Å². The number of likely N-dealkylation sites (tertiary alicyclic amines) is 1. The fraction of sp³-hybridized carbons (Fsp3) is 0.385. The lowest BCUT2D eigenvalue weighted by Gasteiger charge is -2.22. The summed E-state index contributed by atoms with van der Waals surface area (Å²) >= 11 is 5.76. The van der Waals surface area contributed by atoms with Crippen LogP contribution in [0.2, 0.25) is 5.02 Å². The molecule has 2 N–H and O–H groups in total. The van der Waals surface area contributed by atoms with Gasteiger partial charge in [0.15, 0.2) is 0 Å². The molecular weight excluding hydrogens is 268 g/mol. The van der Waals surface area contributed by atoms with Gasteiger partial charge < -0.3 is 15.3 Å². The van der Waals surface area contributed by atoms with Crippen LogP contribution in [0.15, 0.2) is 18.2 Å². The molecule has 1 unspecified atom stereocenters. The Morgan fingerprint density at radius 2 is 2.21 bits per heavy atom. The molecule has 6 heteroatoms. The summed E-state index contributed by atoms with van der Waals surface area (Å²) in [6.45, 7) is 2.68. The van der Waals surface area contributed by atoms with Crippen molar-refractivity contribution in [2.24, 2.45) is 0 Å². The zero-order valence-corrected chi connectivity index (χ0v) is 11.3. The molecule has 1 fully saturated rings. The Balaban J connectivity index is 2.19. The molecule has 1 saturated heterocycles. The van der Waals surface area contributed by atoms with Gasteiger partial charge in [0, 0.05) is 17.6 Å². The lowest BCUT2D eigenvalue weighted by Crippen LogP contribution is -2.37. The maximum absolute atomic E-state index is 12.1. The molecule has 2 amide bonds. The predicted molar refractivity (Wildman–Crippen MR) is 72.8 cm³/mol. The molecule has 0 aliphatic carbocycles. The Morgan fingerprint density at radius 3 is 2.79 bits per heavy atom. The lowest BCUT2D eigenvalue weighted by atomic mass is 10.2. The number of urea groups is 1. The highest BCUT2D eigenvalue weighted by atomic mass is 35.5. The molecule has 1 aromatic carbocycles. The number of aromatic carboxylic acids is 1. The zero-order chi connectivity index (χ0) is 14.0. The van der Waals surface area contributed by atoms with Gasteiger partial charge in [0.1, 0.15) is 0 Å². The lowest BCUT2D eigenvalue weighted by molar-refractivity contribution is 0.0698. The van der Waals surface area contributed by atoms with E-state index >= 15 is 0 Å². The van der Waals surface area contributed by atoms with Crippen molar-refractivity contribution in [1.29, 1.82) is 0 Å². The van der Waals surface area contributed by atoms with Gasteiger partial charge in [-0.05, 0) is 38.0 Å². The predicted octanol–water partition coefficient (Wildman–Crippen LogP) is 3.05. The number of hydrogen-bond donors (Lipinski definition) is 2. The van der Waals surface area contributed by atoms with E-state index in [9.17, 15) is 9.59 Å². The van der Waals surface area contributed by atoms with Crippen LogP contribution in [0.1, 0.15) is 30.1 Å². The van der Waals surface area contributed by atoms with Crippen molar-refractivity contribution in [2.45, 2.75) is 25.8 Å². The fourth-order valence-corrected chi connectivity index (χ4v) is 2.40. The van der Waals surface area contributed by atoms with Crippen LogP contribution in [-0.4, -0.2) is 34.6 Å². The van der Waals surface area contributed by atoms with Crippen LogP contribution in [0.5, 0.6) is 0 Å². The molecule has 1 aromatic rings. The minimum absolute atomic E-state index is 0.00676. The summed E-state index contributed by atoms with van der Waals surface area (Å²) < 4.78 is 0. The summed E-state index contributed by atoms with van der Waals surface area (Å²) in [5, 5.41) is 12.1. The van der Waals surface area contributed by atoms with Crippen molar-refractivity contribution < 1.29 is 14.7 Å². The van der Waals surface area contributed by atoms with E-state index in [-0.39, 0.29) is 23.3 Å². The minimum atomic E-state index is -1.12. The second-order valence-corrected chi connectivity index (χ2v) is 5.05. The van der Waals surface area contributed by atoms with E-state index in [0.717, 1.165) is 12.8 Å². The molecule has 0 spiro atoms. The van der Waals surface area contributed by atoms with Gasteiger partial charge in [0.05, 0.1) is 11.3 Å². The van der Waals surface area contributed by atoms with Crippen LogP contribution in [0.4, 0.5) is 10.5 Å². The van der Waals surface area contributed by atoms with Gasteiger partial charge in [-0.15, -0.1) is 0 Å². The molecule has 1 aliphatic rings. The molecule has 1 aliphatic heterocycles. The first-order valence-corrected chi connectivity index (χ1v) is 6.47. The van der Waals surface area contributed by atoms with Crippen LogP contribution >= 0.6 is 11.6 Å². The number of halogens is 1. The number of anilines is 1. The Morgan fingerprint density at radius 1 is 1.47 bits per heavy atom. The van der Waals surface area contributed by atoms with Gasteiger partial charge in [-0.3, -0.25) is 0 Å². The number of hydrogen-bond acceptors (Lipinski definition) is 2. The largest absolute Gasteiger partial charge is 0.478 e. The SMILES string of the molecule is CC1CCCN1C(=O)Nc1ccc(Cl)cc1C(=O)O. The summed E-state index contributed by atoms with van der Waals surface area (Å²) in [7, 11) is 0. The standard InChI is InChI=1S/C13H15ClN2O3/c1-8-3-2-6-16(8)13(19)15-11-5-4-9(14)7-10(11)12(17)18/h4-5,7-8H,2-3,6H2,1H3,(H,15,19)(H,17,18). The Hall–Kier alpha value is -1.75. The van der Waals surface area contributed by atoms with Crippen molar-refractivity contribution in [3.63, 3.8) is 0 Å². The van der Waals surface area contributed by atoms with Crippen LogP contribution in [0.25, 0.3) is 0 Å². The first-order valence-electron chi connectivity index (χ1n) is 6.09. The number of nitrogens with zero attached hydrogens (tertiary/aromatic N) is 1. The number of benzene rings is 1. The number of carboxylic acid groups (broad SMARTS) is 1. The van der Waals surface area contributed by atoms with Crippen molar-refractivity contribution in [3.05, 3.63) is 28.8 Å². The summed E-state index contributed by atoms with van der Waals surface area (Å²) in [5.74, 6) is -1.12. The Bertz CT molecular complexity index is 519. The maximum atomic E-state index is 12.1. The molecule has 2 rings (SSSR count). The smallest absolute Gasteiger partial charge is 0.337 e. The summed E-state index contributed by atoms with van der Waals surface area (Å²) in [4.78, 5) is 24.9. The van der Waals surface area contributed by atoms with E-state index in [1.54, 1.807) is 11.0 Å². The maximum Gasteiger partial charge on any atom is 0.337 e. The van der Waals surface area contributed by atoms with Crippen LogP contribution in [0.3, 0.4) is 0 Å². The molecular formula is C13H15ClN2O3. The van der Waals surface area contributed by atoms with Crippen molar-refractivity contribution in [1.82, 2.24) is 4.90 Å². The average molecular weight is 283 g/mol. The summed E-state index contributed by atoms with van der Waals surface area (Å²) in [6.07, 6.45) is 1.95. The second kappa shape index (κ2) is 5.48. The number of carbonyl (C=O) groups is 2. The molecule has 1 heterocycles. The third-order valence-corrected chi connectivity index (χ3v) is 3.50. The highest BCUT2D eigenvalue weighted by Crippen LogP contribution is 2.23. The van der Waals surface area contributed by atoms with E-state index in [0.29, 0.717) is 11.6 Å². The van der Waals surface area contributed by atoms with Gasteiger partial charge in [0.25, 0.3) is 0 Å². The first-order chi connectivity index (χ1) is 8.99. The third-order valence-electron chi connectivity index (χ3n) is 3.27. The molecule has 1 atom stereocenters. The number of rotatable bonds is 2. The monoisotopic (exact) mass is 282 g/mol. The van der Waals surface area contributed by atoms with E-state index in [4.69, 9.17) is 16.7 Å². The highest BCUT2D eigenvalue weighted by Gasteiger charge is 2.25. The van der Waals surface area contributed by atoms with Crippen LogP contribution < -0.4 is 5.32 Å². The number of carboxylic acids is 1. The molecule has 0 saturated carbocycles. The first kappa shape index (κ1) is 13.7. The van der Waals surface area contributed by atoms with Gasteiger partial charge in [-0.25, -0.2) is 9.59 Å².